The van der Waals surface area contributed by atoms with E-state index in [2.05, 4.69) is 0 Å². The summed E-state index contributed by atoms with van der Waals surface area (Å²) in [5.74, 6) is 0. The van der Waals surface area contributed by atoms with Gasteiger partial charge in [-0.3, -0.25) is 16.0 Å². The van der Waals surface area contributed by atoms with Crippen LogP contribution in [-0.4, -0.2) is 55.0 Å². The van der Waals surface area contributed by atoms with Gasteiger partial charge in [-0.1, -0.05) is 30.3 Å². The number of hydrogen-bond donors (Lipinski definition) is 3. The number of carbonyl (C=O) groups is 1. The third kappa shape index (κ3) is 8.84. The molecule has 0 saturated carbocycles. The predicted octanol–water partition coefficient (Wildman–Crippen LogP) is 1.40. The van der Waals surface area contributed by atoms with Gasteiger partial charge in [-0.15, -0.1) is 0 Å². The molecule has 9 nitrogen and oxygen atoms in total. The number of benzene rings is 1. The third-order valence-electron chi connectivity index (χ3n) is 3.55. The van der Waals surface area contributed by atoms with Gasteiger partial charge in [-0.25, -0.2) is 4.79 Å². The number of amides is 1. The molecule has 5 N–H and O–H groups in total. The highest BCUT2D eigenvalue weighted by Crippen LogP contribution is 2.20. The summed E-state index contributed by atoms with van der Waals surface area (Å²) >= 11 is 0. The van der Waals surface area contributed by atoms with Crippen LogP contribution in [0.2, 0.25) is 0 Å². The first-order valence-electron chi connectivity index (χ1n) is 8.06. The maximum atomic E-state index is 11.9. The van der Waals surface area contributed by atoms with E-state index < -0.39 is 22.0 Å². The van der Waals surface area contributed by atoms with Crippen LogP contribution in [0, 0.1) is 0 Å². The number of piperidine rings is 1. The zero-order valence-corrected chi connectivity index (χ0v) is 15.5. The smallest absolute Gasteiger partial charge is 0.445 e. The summed E-state index contributed by atoms with van der Waals surface area (Å²) in [7, 11) is -5.84. The van der Waals surface area contributed by atoms with Crippen molar-refractivity contribution in [3.63, 3.8) is 0 Å². The van der Waals surface area contributed by atoms with Crippen molar-refractivity contribution in [1.29, 1.82) is 0 Å². The summed E-state index contributed by atoms with van der Waals surface area (Å²) in [5.41, 5.74) is 6.21. The Morgan fingerprint density at radius 3 is 2.14 bits per heavy atom. The highest BCUT2D eigenvalue weighted by molar-refractivity contribution is 7.86. The predicted molar refractivity (Wildman–Crippen MR) is 92.1 cm³/mol. The average Bonchev–Trinajstić information content (AvgIpc) is 2.59. The second-order valence-corrected chi connectivity index (χ2v) is 7.16. The Kier molecular flexibility index (Phi) is 9.10. The van der Waals surface area contributed by atoms with Crippen LogP contribution < -0.4 is 11.5 Å². The molecule has 0 atom stereocenters. The van der Waals surface area contributed by atoms with Crippen LogP contribution in [0.25, 0.3) is 0 Å². The molecule has 1 heterocycles. The maximum absolute atomic E-state index is 11.9. The van der Waals surface area contributed by atoms with Gasteiger partial charge in [-0.2, -0.15) is 21.6 Å². The van der Waals surface area contributed by atoms with Gasteiger partial charge in [0.1, 0.15) is 6.61 Å². The van der Waals surface area contributed by atoms with Gasteiger partial charge in [0.25, 0.3) is 0 Å². The summed E-state index contributed by atoms with van der Waals surface area (Å²) in [6.45, 7) is 1.50. The second-order valence-electron chi connectivity index (χ2n) is 5.75. The average molecular weight is 429 g/mol. The lowest BCUT2D eigenvalue weighted by molar-refractivity contribution is -0.0510. The fraction of sp³-hybridized carbons (Fsp3) is 0.533. The number of carbonyl (C=O) groups excluding carboxylic acids is 1. The molecule has 2 rings (SSSR count). The lowest BCUT2D eigenvalue weighted by atomic mass is 10.1. The molecule has 0 aromatic heterocycles. The number of alkyl halides is 3. The van der Waals surface area contributed by atoms with Crippen molar-refractivity contribution in [2.45, 2.75) is 37.4 Å². The van der Waals surface area contributed by atoms with Crippen molar-refractivity contribution in [2.75, 3.05) is 13.1 Å². The Bertz CT molecular complexity index is 707. The van der Waals surface area contributed by atoms with Crippen molar-refractivity contribution in [1.82, 2.24) is 4.90 Å². The maximum Gasteiger partial charge on any atom is 0.522 e. The molecule has 0 bridgehead atoms. The Balaban J connectivity index is 0.000000416. The molecular weight excluding hydrogens is 407 g/mol. The number of likely N-dealkylation sites (tertiary alicyclic amines) is 1. The Hall–Kier alpha value is -1.93. The molecule has 1 aromatic rings. The van der Waals surface area contributed by atoms with Gasteiger partial charge in [0.15, 0.2) is 6.35 Å². The van der Waals surface area contributed by atoms with Crippen LogP contribution in [0.15, 0.2) is 30.3 Å². The molecule has 0 spiro atoms. The third-order valence-corrected chi connectivity index (χ3v) is 4.13. The number of halogens is 3. The van der Waals surface area contributed by atoms with E-state index in [9.17, 15) is 18.0 Å². The molecule has 13 heteroatoms. The van der Waals surface area contributed by atoms with Crippen LogP contribution in [-0.2, 0) is 26.2 Å². The monoisotopic (exact) mass is 429 g/mol. The van der Waals surface area contributed by atoms with Gasteiger partial charge in [-0.05, 0) is 18.4 Å². The first-order chi connectivity index (χ1) is 12.9. The summed E-state index contributed by atoms with van der Waals surface area (Å²) in [6, 6.07) is 9.62. The minimum absolute atomic E-state index is 0.0215. The summed E-state index contributed by atoms with van der Waals surface area (Å²) in [5, 5.41) is 0. The molecule has 160 valence electrons. The lowest BCUT2D eigenvalue weighted by Gasteiger charge is -2.31. The topological polar surface area (TPSA) is 145 Å². The van der Waals surface area contributed by atoms with E-state index >= 15 is 0 Å². The van der Waals surface area contributed by atoms with Gasteiger partial charge < -0.3 is 14.4 Å². The summed E-state index contributed by atoms with van der Waals surface area (Å²) < 4.78 is 68.1. The molecule has 1 fully saturated rings. The van der Waals surface area contributed by atoms with Crippen molar-refractivity contribution in [3.05, 3.63) is 35.9 Å². The summed E-state index contributed by atoms with van der Waals surface area (Å²) in [4.78, 5) is 13.6. The lowest BCUT2D eigenvalue weighted by Crippen LogP contribution is -2.45. The van der Waals surface area contributed by atoms with E-state index in [4.69, 9.17) is 33.9 Å². The SMILES string of the molecule is NC(N)OC1CCN(C(=O)OCc2ccccc2)CC1.O=S(=O)(O)C(F)(F)F. The van der Waals surface area contributed by atoms with E-state index in [-0.39, 0.29) is 12.2 Å². The highest BCUT2D eigenvalue weighted by atomic mass is 32.2. The molecule has 1 aliphatic heterocycles. The highest BCUT2D eigenvalue weighted by Gasteiger charge is 2.44. The molecule has 0 radical (unpaired) electrons. The van der Waals surface area contributed by atoms with Crippen LogP contribution >= 0.6 is 0 Å². The molecule has 1 aliphatic rings. The fourth-order valence-electron chi connectivity index (χ4n) is 2.21. The number of nitrogens with zero attached hydrogens (tertiary/aromatic N) is 1. The van der Waals surface area contributed by atoms with E-state index in [1.165, 1.54) is 0 Å². The minimum Gasteiger partial charge on any atom is -0.445 e. The zero-order chi connectivity index (χ0) is 21.4. The largest absolute Gasteiger partial charge is 0.522 e. The van der Waals surface area contributed by atoms with E-state index in [1.54, 1.807) is 4.90 Å². The molecule has 1 aromatic carbocycles. The Morgan fingerprint density at radius 2 is 1.71 bits per heavy atom. The first-order valence-corrected chi connectivity index (χ1v) is 9.50. The van der Waals surface area contributed by atoms with E-state index in [1.807, 2.05) is 30.3 Å². The van der Waals surface area contributed by atoms with Crippen LogP contribution in [0.5, 0.6) is 0 Å². The standard InChI is InChI=1S/C14H21N3O3.CHF3O3S/c15-13(16)20-12-6-8-17(9-7-12)14(18)19-10-11-4-2-1-3-5-11;2-1(3,4)8(5,6)7/h1-5,12-13H,6-10,15-16H2;(H,5,6,7). The normalized spacial score (nSPS) is 15.8. The molecule has 1 saturated heterocycles. The van der Waals surface area contributed by atoms with Crippen molar-refractivity contribution < 1.29 is 40.4 Å². The molecular formula is C15H22F3N3O6S. The van der Waals surface area contributed by atoms with Gasteiger partial charge in [0, 0.05) is 13.1 Å². The fourth-order valence-corrected chi connectivity index (χ4v) is 2.21. The van der Waals surface area contributed by atoms with Crippen LogP contribution in [0.4, 0.5) is 18.0 Å². The van der Waals surface area contributed by atoms with Crippen molar-refractivity contribution in [3.8, 4) is 0 Å². The first kappa shape index (κ1) is 24.1. The summed E-state index contributed by atoms with van der Waals surface area (Å²) in [6.07, 6.45) is 0.436. The number of ether oxygens (including phenoxy) is 2. The van der Waals surface area contributed by atoms with Gasteiger partial charge in [0.05, 0.1) is 6.10 Å². The van der Waals surface area contributed by atoms with Crippen LogP contribution in [0.1, 0.15) is 18.4 Å². The van der Waals surface area contributed by atoms with Gasteiger partial charge in [0.2, 0.25) is 0 Å². The minimum atomic E-state index is -5.84. The van der Waals surface area contributed by atoms with Crippen molar-refractivity contribution in [2.24, 2.45) is 11.5 Å². The van der Waals surface area contributed by atoms with Crippen LogP contribution in [0.3, 0.4) is 0 Å². The molecule has 0 aliphatic carbocycles. The number of hydrogen-bond acceptors (Lipinski definition) is 7. The van der Waals surface area contributed by atoms with E-state index in [0.29, 0.717) is 19.7 Å². The zero-order valence-electron chi connectivity index (χ0n) is 14.7. The Labute approximate surface area is 160 Å². The molecule has 28 heavy (non-hydrogen) atoms. The molecule has 0 unspecified atom stereocenters. The quantitative estimate of drug-likeness (QED) is 0.370. The molecule has 1 amide bonds. The number of nitrogens with two attached hydrogens (primary N) is 2. The van der Waals surface area contributed by atoms with Gasteiger partial charge >= 0.3 is 21.7 Å². The Morgan fingerprint density at radius 1 is 1.21 bits per heavy atom. The van der Waals surface area contributed by atoms with E-state index in [0.717, 1.165) is 18.4 Å². The number of rotatable bonds is 4. The second kappa shape index (κ2) is 10.6. The van der Waals surface area contributed by atoms with Crippen molar-refractivity contribution >= 4 is 16.2 Å².